The summed E-state index contributed by atoms with van der Waals surface area (Å²) in [6.07, 6.45) is 0. The Balaban J connectivity index is 2.91. The number of hydrogen-bond donors (Lipinski definition) is 0. The molecule has 2 nitrogen and oxygen atoms in total. The molecular formula is C11H9O2. The van der Waals surface area contributed by atoms with Gasteiger partial charge in [0.1, 0.15) is 0 Å². The van der Waals surface area contributed by atoms with Crippen LogP contribution in [0.4, 0.5) is 0 Å². The Morgan fingerprint density at radius 3 is 2.46 bits per heavy atom. The predicted octanol–water partition coefficient (Wildman–Crippen LogP) is 1.66. The van der Waals surface area contributed by atoms with Crippen LogP contribution in [-0.4, -0.2) is 13.1 Å². The standard InChI is InChI=1S/C11H9O2/c1-3-4-9-5-7-10(8-6-9)11(12)13-2/h5-8H,1H2,2H3. The Bertz CT molecular complexity index is 352. The number of esters is 1. The summed E-state index contributed by atoms with van der Waals surface area (Å²) in [6.45, 7) is 3.40. The fraction of sp³-hybridized carbons (Fsp3) is 0.0909. The molecule has 2 heteroatoms. The minimum absolute atomic E-state index is 0.339. The van der Waals surface area contributed by atoms with Gasteiger partial charge in [0.25, 0.3) is 0 Å². The molecule has 0 saturated heterocycles. The van der Waals surface area contributed by atoms with Crippen molar-refractivity contribution in [2.24, 2.45) is 0 Å². The van der Waals surface area contributed by atoms with Crippen LogP contribution in [-0.2, 0) is 4.74 Å². The molecule has 65 valence electrons. The molecule has 0 atom stereocenters. The van der Waals surface area contributed by atoms with Gasteiger partial charge in [-0.3, -0.25) is 0 Å². The summed E-state index contributed by atoms with van der Waals surface area (Å²) < 4.78 is 4.55. The lowest BCUT2D eigenvalue weighted by molar-refractivity contribution is 0.0601. The van der Waals surface area contributed by atoms with Crippen molar-refractivity contribution in [1.82, 2.24) is 0 Å². The molecule has 0 aromatic heterocycles. The summed E-state index contributed by atoms with van der Waals surface area (Å²) in [5, 5.41) is 0. The lowest BCUT2D eigenvalue weighted by atomic mass is 10.1. The number of methoxy groups -OCH3 is 1. The van der Waals surface area contributed by atoms with E-state index in [-0.39, 0.29) is 5.97 Å². The molecule has 1 radical (unpaired) electrons. The predicted molar refractivity (Wildman–Crippen MR) is 50.0 cm³/mol. The largest absolute Gasteiger partial charge is 0.465 e. The van der Waals surface area contributed by atoms with Crippen molar-refractivity contribution in [3.05, 3.63) is 42.3 Å². The summed E-state index contributed by atoms with van der Waals surface area (Å²) in [5.74, 6) is 4.97. The Morgan fingerprint density at radius 1 is 1.38 bits per heavy atom. The molecule has 13 heavy (non-hydrogen) atoms. The quantitative estimate of drug-likeness (QED) is 0.477. The number of benzene rings is 1. The van der Waals surface area contributed by atoms with E-state index in [2.05, 4.69) is 23.5 Å². The third-order valence-corrected chi connectivity index (χ3v) is 1.54. The Morgan fingerprint density at radius 2 is 2.00 bits per heavy atom. The molecule has 0 N–H and O–H groups in total. The molecule has 1 aromatic rings. The molecule has 0 fully saturated rings. The summed E-state index contributed by atoms with van der Waals surface area (Å²) in [6, 6.07) is 6.85. The number of carbonyl (C=O) groups excluding carboxylic acids is 1. The first-order valence-corrected chi connectivity index (χ1v) is 3.74. The van der Waals surface area contributed by atoms with Crippen LogP contribution >= 0.6 is 0 Å². The van der Waals surface area contributed by atoms with Gasteiger partial charge in [-0.05, 0) is 24.3 Å². The Labute approximate surface area is 77.5 Å². The van der Waals surface area contributed by atoms with Gasteiger partial charge in [-0.2, -0.15) is 0 Å². The summed E-state index contributed by atoms with van der Waals surface area (Å²) in [7, 11) is 1.35. The van der Waals surface area contributed by atoms with Gasteiger partial charge in [0.15, 0.2) is 0 Å². The van der Waals surface area contributed by atoms with Gasteiger partial charge < -0.3 is 4.74 Å². The minimum atomic E-state index is -0.339. The van der Waals surface area contributed by atoms with Crippen LogP contribution in [0.3, 0.4) is 0 Å². The van der Waals surface area contributed by atoms with Crippen molar-refractivity contribution in [2.45, 2.75) is 0 Å². The SMILES string of the molecule is [CH2]C#Cc1ccc(C(=O)OC)cc1. The number of rotatable bonds is 1. The van der Waals surface area contributed by atoms with Crippen LogP contribution in [0.25, 0.3) is 0 Å². The Hall–Kier alpha value is -1.75. The number of ether oxygens (including phenoxy) is 1. The third-order valence-electron chi connectivity index (χ3n) is 1.54. The van der Waals surface area contributed by atoms with Crippen molar-refractivity contribution in [3.8, 4) is 11.8 Å². The molecule has 0 amide bonds. The van der Waals surface area contributed by atoms with E-state index in [1.165, 1.54) is 7.11 Å². The molecule has 1 rings (SSSR count). The molecule has 0 spiro atoms. The molecule has 0 unspecified atom stereocenters. The first kappa shape index (κ1) is 9.34. The normalized spacial score (nSPS) is 8.46. The van der Waals surface area contributed by atoms with E-state index in [1.807, 2.05) is 0 Å². The van der Waals surface area contributed by atoms with E-state index in [1.54, 1.807) is 24.3 Å². The highest BCUT2D eigenvalue weighted by Crippen LogP contribution is 2.04. The molecule has 0 saturated carbocycles. The van der Waals surface area contributed by atoms with Crippen LogP contribution in [0.2, 0.25) is 0 Å². The number of carbonyl (C=O) groups is 1. The zero-order chi connectivity index (χ0) is 9.68. The van der Waals surface area contributed by atoms with Crippen molar-refractivity contribution in [1.29, 1.82) is 0 Å². The van der Waals surface area contributed by atoms with Crippen molar-refractivity contribution >= 4 is 5.97 Å². The van der Waals surface area contributed by atoms with Crippen LogP contribution < -0.4 is 0 Å². The van der Waals surface area contributed by atoms with Crippen LogP contribution in [0.5, 0.6) is 0 Å². The zero-order valence-electron chi connectivity index (χ0n) is 7.33. The first-order valence-electron chi connectivity index (χ1n) is 3.74. The van der Waals surface area contributed by atoms with Crippen LogP contribution in [0.15, 0.2) is 24.3 Å². The van der Waals surface area contributed by atoms with Crippen LogP contribution in [0.1, 0.15) is 15.9 Å². The van der Waals surface area contributed by atoms with E-state index >= 15 is 0 Å². The third kappa shape index (κ3) is 2.34. The van der Waals surface area contributed by atoms with Gasteiger partial charge in [0, 0.05) is 12.5 Å². The minimum Gasteiger partial charge on any atom is -0.465 e. The van der Waals surface area contributed by atoms with Crippen molar-refractivity contribution in [2.75, 3.05) is 7.11 Å². The van der Waals surface area contributed by atoms with Crippen molar-refractivity contribution < 1.29 is 9.53 Å². The van der Waals surface area contributed by atoms with Gasteiger partial charge in [0.2, 0.25) is 0 Å². The topological polar surface area (TPSA) is 26.3 Å². The maximum atomic E-state index is 11.0. The van der Waals surface area contributed by atoms with E-state index in [0.29, 0.717) is 5.56 Å². The molecule has 0 aliphatic rings. The van der Waals surface area contributed by atoms with E-state index < -0.39 is 0 Å². The molecule has 0 heterocycles. The molecular weight excluding hydrogens is 164 g/mol. The lowest BCUT2D eigenvalue weighted by Crippen LogP contribution is -2.00. The number of hydrogen-bond acceptors (Lipinski definition) is 2. The monoisotopic (exact) mass is 173 g/mol. The fourth-order valence-corrected chi connectivity index (χ4v) is 0.910. The second-order valence-electron chi connectivity index (χ2n) is 2.37. The lowest BCUT2D eigenvalue weighted by Gasteiger charge is -1.97. The maximum Gasteiger partial charge on any atom is 0.337 e. The Kier molecular flexibility index (Phi) is 3.10. The molecule has 0 aliphatic carbocycles. The summed E-state index contributed by atoms with van der Waals surface area (Å²) in [4.78, 5) is 11.0. The zero-order valence-corrected chi connectivity index (χ0v) is 7.33. The summed E-state index contributed by atoms with van der Waals surface area (Å²) >= 11 is 0. The van der Waals surface area contributed by atoms with Gasteiger partial charge in [-0.1, -0.05) is 11.8 Å². The second kappa shape index (κ2) is 4.32. The second-order valence-corrected chi connectivity index (χ2v) is 2.37. The highest BCUT2D eigenvalue weighted by Gasteiger charge is 2.02. The van der Waals surface area contributed by atoms with Gasteiger partial charge >= 0.3 is 5.97 Å². The molecule has 1 aromatic carbocycles. The average molecular weight is 173 g/mol. The summed E-state index contributed by atoms with van der Waals surface area (Å²) in [5.41, 5.74) is 1.36. The van der Waals surface area contributed by atoms with Gasteiger partial charge in [-0.15, -0.1) is 0 Å². The average Bonchev–Trinajstić information content (AvgIpc) is 2.18. The van der Waals surface area contributed by atoms with E-state index in [0.717, 1.165) is 5.56 Å². The van der Waals surface area contributed by atoms with E-state index in [4.69, 9.17) is 0 Å². The smallest absolute Gasteiger partial charge is 0.337 e. The van der Waals surface area contributed by atoms with E-state index in [9.17, 15) is 4.79 Å². The van der Waals surface area contributed by atoms with Crippen molar-refractivity contribution in [3.63, 3.8) is 0 Å². The van der Waals surface area contributed by atoms with Crippen LogP contribution in [0, 0.1) is 18.8 Å². The molecule has 0 bridgehead atoms. The highest BCUT2D eigenvalue weighted by molar-refractivity contribution is 5.89. The molecule has 0 aliphatic heterocycles. The first-order chi connectivity index (χ1) is 6.27. The van der Waals surface area contributed by atoms with Gasteiger partial charge in [-0.25, -0.2) is 4.79 Å². The highest BCUT2D eigenvalue weighted by atomic mass is 16.5. The fourth-order valence-electron chi connectivity index (χ4n) is 0.910. The maximum absolute atomic E-state index is 11.0. The van der Waals surface area contributed by atoms with Gasteiger partial charge in [0.05, 0.1) is 12.7 Å².